The molecule has 0 spiro atoms. The van der Waals surface area contributed by atoms with Crippen molar-refractivity contribution in [2.24, 2.45) is 0 Å². The minimum atomic E-state index is -2.39. The van der Waals surface area contributed by atoms with Crippen LogP contribution in [0, 0.1) is 0 Å². The SMILES string of the molecule is C[P+](C)(O)O. The van der Waals surface area contributed by atoms with Crippen LogP contribution in [0.5, 0.6) is 0 Å². The highest BCUT2D eigenvalue weighted by Crippen LogP contribution is 2.38. The van der Waals surface area contributed by atoms with Gasteiger partial charge in [0.2, 0.25) is 0 Å². The summed E-state index contributed by atoms with van der Waals surface area (Å²) < 4.78 is 0. The van der Waals surface area contributed by atoms with E-state index in [9.17, 15) is 0 Å². The molecule has 0 unspecified atom stereocenters. The largest absolute Gasteiger partial charge is 0.262 e. The van der Waals surface area contributed by atoms with Gasteiger partial charge in [0, 0.05) is 0 Å². The van der Waals surface area contributed by atoms with Gasteiger partial charge in [-0.05, 0) is 0 Å². The zero-order valence-corrected chi connectivity index (χ0v) is 4.24. The summed E-state index contributed by atoms with van der Waals surface area (Å²) >= 11 is 0. The Morgan fingerprint density at radius 3 is 1.20 bits per heavy atom. The molecule has 5 heavy (non-hydrogen) atoms. The molecule has 2 N–H and O–H groups in total. The van der Waals surface area contributed by atoms with Gasteiger partial charge in [0.05, 0.1) is 0 Å². The topological polar surface area (TPSA) is 40.5 Å². The Labute approximate surface area is 32.0 Å². The first-order chi connectivity index (χ1) is 2.00. The smallest absolute Gasteiger partial charge is 0.221 e. The average Bonchev–Trinajstić information content (AvgIpc) is 0.722. The molecule has 0 fully saturated rings. The third kappa shape index (κ3) is 196. The van der Waals surface area contributed by atoms with Crippen molar-refractivity contribution in [1.29, 1.82) is 0 Å². The van der Waals surface area contributed by atoms with Gasteiger partial charge in [0.1, 0.15) is 13.3 Å². The van der Waals surface area contributed by atoms with Gasteiger partial charge < -0.3 is 0 Å². The lowest BCUT2D eigenvalue weighted by Crippen LogP contribution is -1.77. The summed E-state index contributed by atoms with van der Waals surface area (Å²) in [5.74, 6) is 0. The van der Waals surface area contributed by atoms with Crippen molar-refractivity contribution < 1.29 is 9.79 Å². The van der Waals surface area contributed by atoms with E-state index in [0.29, 0.717) is 0 Å². The number of rotatable bonds is 0. The summed E-state index contributed by atoms with van der Waals surface area (Å²) in [5, 5.41) is 0. The quantitative estimate of drug-likeness (QED) is 0.418. The summed E-state index contributed by atoms with van der Waals surface area (Å²) in [6, 6.07) is 0. The zero-order valence-electron chi connectivity index (χ0n) is 3.34. The van der Waals surface area contributed by atoms with Gasteiger partial charge in [0.25, 0.3) is 7.72 Å². The zero-order chi connectivity index (χ0) is 4.50. The van der Waals surface area contributed by atoms with E-state index in [-0.39, 0.29) is 0 Å². The Balaban J connectivity index is 3.02. The van der Waals surface area contributed by atoms with Crippen molar-refractivity contribution in [2.75, 3.05) is 13.3 Å². The molecule has 0 saturated carbocycles. The molecule has 0 aromatic rings. The van der Waals surface area contributed by atoms with Crippen LogP contribution in [0.1, 0.15) is 0 Å². The highest BCUT2D eigenvalue weighted by molar-refractivity contribution is 7.62. The molecule has 32 valence electrons. The maximum Gasteiger partial charge on any atom is 0.262 e. The molecule has 2 nitrogen and oxygen atoms in total. The summed E-state index contributed by atoms with van der Waals surface area (Å²) in [6.07, 6.45) is 0. The second kappa shape index (κ2) is 1.21. The molecule has 0 aromatic heterocycles. The van der Waals surface area contributed by atoms with Crippen LogP contribution in [-0.4, -0.2) is 23.1 Å². The van der Waals surface area contributed by atoms with Gasteiger partial charge >= 0.3 is 0 Å². The first kappa shape index (κ1) is 5.35. The van der Waals surface area contributed by atoms with Crippen LogP contribution in [0.25, 0.3) is 0 Å². The maximum absolute atomic E-state index is 8.19. The van der Waals surface area contributed by atoms with Gasteiger partial charge in [0.15, 0.2) is 0 Å². The normalized spacial score (nSPS) is 12.0. The first-order valence-corrected chi connectivity index (χ1v) is 3.88. The number of hydrogen-bond donors (Lipinski definition) is 2. The van der Waals surface area contributed by atoms with Gasteiger partial charge in [-0.15, -0.1) is 0 Å². The predicted molar refractivity (Wildman–Crippen MR) is 23.2 cm³/mol. The Hall–Kier alpha value is 0.350. The molecule has 0 aliphatic heterocycles. The second-order valence-corrected chi connectivity index (χ2v) is 4.01. The van der Waals surface area contributed by atoms with Crippen LogP contribution < -0.4 is 0 Å². The Bertz CT molecular complexity index is 23.1. The standard InChI is InChI=1S/C2H8O2P/c1-5(2,3)4/h3-4H,1-2H3/q+1. The minimum absolute atomic E-state index is 1.41. The van der Waals surface area contributed by atoms with Crippen molar-refractivity contribution in [2.45, 2.75) is 0 Å². The fraction of sp³-hybridized carbons (Fsp3) is 1.00. The summed E-state index contributed by atoms with van der Waals surface area (Å²) in [4.78, 5) is 16.4. The Morgan fingerprint density at radius 2 is 1.20 bits per heavy atom. The average molecular weight is 95.1 g/mol. The molecule has 0 amide bonds. The molecular weight excluding hydrogens is 87.0 g/mol. The van der Waals surface area contributed by atoms with E-state index in [4.69, 9.17) is 9.79 Å². The van der Waals surface area contributed by atoms with E-state index in [1.165, 1.54) is 13.3 Å². The summed E-state index contributed by atoms with van der Waals surface area (Å²) in [7, 11) is -2.39. The van der Waals surface area contributed by atoms with E-state index in [2.05, 4.69) is 0 Å². The van der Waals surface area contributed by atoms with Crippen LogP contribution >= 0.6 is 7.72 Å². The lowest BCUT2D eigenvalue weighted by molar-refractivity contribution is 0.467. The van der Waals surface area contributed by atoms with E-state index in [1.807, 2.05) is 0 Å². The molecule has 0 aliphatic carbocycles. The fourth-order valence-electron chi connectivity index (χ4n) is 0. The molecule has 3 heteroatoms. The highest BCUT2D eigenvalue weighted by atomic mass is 31.2. The first-order valence-electron chi connectivity index (χ1n) is 1.29. The van der Waals surface area contributed by atoms with Crippen LogP contribution in [0.3, 0.4) is 0 Å². The monoisotopic (exact) mass is 95.0 g/mol. The van der Waals surface area contributed by atoms with Crippen LogP contribution in [-0.2, 0) is 0 Å². The third-order valence-corrected chi connectivity index (χ3v) is 0. The van der Waals surface area contributed by atoms with Gasteiger partial charge in [-0.1, -0.05) is 0 Å². The van der Waals surface area contributed by atoms with Crippen LogP contribution in [0.2, 0.25) is 0 Å². The molecule has 0 radical (unpaired) electrons. The third-order valence-electron chi connectivity index (χ3n) is 0. The van der Waals surface area contributed by atoms with E-state index < -0.39 is 7.72 Å². The van der Waals surface area contributed by atoms with E-state index >= 15 is 0 Å². The van der Waals surface area contributed by atoms with Crippen molar-refractivity contribution in [3.05, 3.63) is 0 Å². The molecule has 0 bridgehead atoms. The second-order valence-electron chi connectivity index (χ2n) is 1.34. The van der Waals surface area contributed by atoms with Crippen LogP contribution in [0.15, 0.2) is 0 Å². The fourth-order valence-corrected chi connectivity index (χ4v) is 0. The molecule has 0 aliphatic rings. The van der Waals surface area contributed by atoms with Gasteiger partial charge in [-0.25, -0.2) is 9.79 Å². The van der Waals surface area contributed by atoms with Crippen molar-refractivity contribution >= 4 is 7.72 Å². The van der Waals surface area contributed by atoms with Crippen molar-refractivity contribution in [3.63, 3.8) is 0 Å². The molecule has 0 aromatic carbocycles. The lowest BCUT2D eigenvalue weighted by Gasteiger charge is -1.91. The minimum Gasteiger partial charge on any atom is -0.221 e. The lowest BCUT2D eigenvalue weighted by atomic mass is 11.9. The summed E-state index contributed by atoms with van der Waals surface area (Å²) in [5.41, 5.74) is 0. The van der Waals surface area contributed by atoms with Gasteiger partial charge in [-0.2, -0.15) is 0 Å². The maximum atomic E-state index is 8.19. The molecule has 0 atom stereocenters. The van der Waals surface area contributed by atoms with Crippen molar-refractivity contribution in [3.8, 4) is 0 Å². The Morgan fingerprint density at radius 1 is 1.20 bits per heavy atom. The highest BCUT2D eigenvalue weighted by Gasteiger charge is 2.11. The number of hydrogen-bond acceptors (Lipinski definition) is 2. The predicted octanol–water partition coefficient (Wildman–Crippen LogP) is 0.0782. The molecule has 0 rings (SSSR count). The van der Waals surface area contributed by atoms with E-state index in [1.54, 1.807) is 0 Å². The molecule has 0 heterocycles. The van der Waals surface area contributed by atoms with Crippen LogP contribution in [0.4, 0.5) is 0 Å². The summed E-state index contributed by atoms with van der Waals surface area (Å²) in [6.45, 7) is 2.82. The molecular formula is C2H8O2P+. The molecule has 0 saturated heterocycles. The van der Waals surface area contributed by atoms with Gasteiger partial charge in [-0.3, -0.25) is 0 Å². The van der Waals surface area contributed by atoms with E-state index in [0.717, 1.165) is 0 Å². The van der Waals surface area contributed by atoms with Crippen molar-refractivity contribution in [1.82, 2.24) is 0 Å². The Kier molecular flexibility index (Phi) is 1.30.